The van der Waals surface area contributed by atoms with Crippen molar-refractivity contribution in [1.29, 1.82) is 0 Å². The lowest BCUT2D eigenvalue weighted by Gasteiger charge is -2.32. The molecule has 0 spiro atoms. The first-order chi connectivity index (χ1) is 17.1. The SMILES string of the molecule is O=C(COc1cccnc1-c1ccc(F)cc1O)N1CCC(CCc2ccc3c(c2)OCO3)CC1. The third kappa shape index (κ3) is 5.31. The van der Waals surface area contributed by atoms with Crippen molar-refractivity contribution in [2.45, 2.75) is 25.7 Å². The first-order valence-electron chi connectivity index (χ1n) is 11.8. The number of phenols is 1. The zero-order valence-corrected chi connectivity index (χ0v) is 19.3. The Labute approximate surface area is 203 Å². The van der Waals surface area contributed by atoms with Gasteiger partial charge in [0.25, 0.3) is 5.91 Å². The number of benzene rings is 2. The summed E-state index contributed by atoms with van der Waals surface area (Å²) in [4.78, 5) is 18.9. The molecule has 2 aromatic carbocycles. The van der Waals surface area contributed by atoms with E-state index < -0.39 is 5.82 Å². The minimum atomic E-state index is -0.542. The van der Waals surface area contributed by atoms with Crippen LogP contribution in [-0.2, 0) is 11.2 Å². The van der Waals surface area contributed by atoms with E-state index in [2.05, 4.69) is 17.1 Å². The van der Waals surface area contributed by atoms with E-state index in [1.807, 2.05) is 11.0 Å². The number of fused-ring (bicyclic) bond motifs is 1. The number of carbonyl (C=O) groups excluding carboxylic acids is 1. The second-order valence-corrected chi connectivity index (χ2v) is 8.85. The van der Waals surface area contributed by atoms with E-state index in [0.29, 0.717) is 36.0 Å². The average Bonchev–Trinajstić information content (AvgIpc) is 3.35. The van der Waals surface area contributed by atoms with E-state index in [-0.39, 0.29) is 25.1 Å². The molecule has 5 rings (SSSR count). The van der Waals surface area contributed by atoms with Crippen LogP contribution < -0.4 is 14.2 Å². The van der Waals surface area contributed by atoms with Gasteiger partial charge in [-0.15, -0.1) is 0 Å². The molecular formula is C27H27FN2O5. The molecule has 1 saturated heterocycles. The first-order valence-corrected chi connectivity index (χ1v) is 11.8. The van der Waals surface area contributed by atoms with Gasteiger partial charge in [-0.2, -0.15) is 0 Å². The number of amides is 1. The molecule has 0 radical (unpaired) electrons. The highest BCUT2D eigenvalue weighted by atomic mass is 19.1. The van der Waals surface area contributed by atoms with Gasteiger partial charge in [0.05, 0.1) is 0 Å². The van der Waals surface area contributed by atoms with Crippen molar-refractivity contribution >= 4 is 5.91 Å². The minimum Gasteiger partial charge on any atom is -0.507 e. The maximum absolute atomic E-state index is 13.4. The Morgan fingerprint density at radius 1 is 1.11 bits per heavy atom. The van der Waals surface area contributed by atoms with Crippen LogP contribution in [0.3, 0.4) is 0 Å². The summed E-state index contributed by atoms with van der Waals surface area (Å²) in [6.45, 7) is 1.56. The van der Waals surface area contributed by atoms with Gasteiger partial charge in [0.15, 0.2) is 18.1 Å². The number of carbonyl (C=O) groups is 1. The van der Waals surface area contributed by atoms with Crippen LogP contribution in [0.2, 0.25) is 0 Å². The van der Waals surface area contributed by atoms with Gasteiger partial charge in [0, 0.05) is 30.9 Å². The van der Waals surface area contributed by atoms with Crippen molar-refractivity contribution in [2.24, 2.45) is 5.92 Å². The van der Waals surface area contributed by atoms with Crippen LogP contribution >= 0.6 is 0 Å². The second kappa shape index (κ2) is 10.2. The Kier molecular flexibility index (Phi) is 6.70. The third-order valence-corrected chi connectivity index (χ3v) is 6.58. The number of aryl methyl sites for hydroxylation is 1. The normalized spacial score (nSPS) is 15.3. The van der Waals surface area contributed by atoms with E-state index in [1.54, 1.807) is 18.3 Å². The smallest absolute Gasteiger partial charge is 0.260 e. The monoisotopic (exact) mass is 478 g/mol. The number of hydrogen-bond donors (Lipinski definition) is 1. The van der Waals surface area contributed by atoms with E-state index in [1.165, 1.54) is 17.7 Å². The molecule has 3 heterocycles. The van der Waals surface area contributed by atoms with Crippen LogP contribution in [0.5, 0.6) is 23.0 Å². The molecule has 0 bridgehead atoms. The maximum Gasteiger partial charge on any atom is 0.260 e. The van der Waals surface area contributed by atoms with Gasteiger partial charge < -0.3 is 24.2 Å². The summed E-state index contributed by atoms with van der Waals surface area (Å²) in [7, 11) is 0. The molecule has 0 aliphatic carbocycles. The number of aromatic nitrogens is 1. The highest BCUT2D eigenvalue weighted by Crippen LogP contribution is 2.35. The third-order valence-electron chi connectivity index (χ3n) is 6.58. The van der Waals surface area contributed by atoms with E-state index in [9.17, 15) is 14.3 Å². The maximum atomic E-state index is 13.4. The fraction of sp³-hybridized carbons (Fsp3) is 0.333. The molecule has 1 fully saturated rings. The number of aromatic hydroxyl groups is 1. The quantitative estimate of drug-likeness (QED) is 0.536. The molecule has 35 heavy (non-hydrogen) atoms. The molecule has 0 atom stereocenters. The number of hydrogen-bond acceptors (Lipinski definition) is 6. The summed E-state index contributed by atoms with van der Waals surface area (Å²) in [6.07, 6.45) is 5.51. The molecule has 1 aromatic heterocycles. The largest absolute Gasteiger partial charge is 0.507 e. The molecule has 1 amide bonds. The second-order valence-electron chi connectivity index (χ2n) is 8.85. The molecule has 182 valence electrons. The van der Waals surface area contributed by atoms with Gasteiger partial charge in [-0.1, -0.05) is 6.07 Å². The minimum absolute atomic E-state index is 0.0858. The molecule has 1 N–H and O–H groups in total. The van der Waals surface area contributed by atoms with Gasteiger partial charge >= 0.3 is 0 Å². The molecular weight excluding hydrogens is 451 g/mol. The average molecular weight is 479 g/mol. The lowest BCUT2D eigenvalue weighted by atomic mass is 9.90. The van der Waals surface area contributed by atoms with Crippen LogP contribution in [-0.4, -0.2) is 47.4 Å². The molecule has 0 saturated carbocycles. The summed E-state index contributed by atoms with van der Waals surface area (Å²) >= 11 is 0. The van der Waals surface area contributed by atoms with Crippen molar-refractivity contribution in [3.05, 3.63) is 66.1 Å². The zero-order valence-electron chi connectivity index (χ0n) is 19.3. The number of rotatable bonds is 7. The summed E-state index contributed by atoms with van der Waals surface area (Å²) in [5, 5.41) is 10.1. The Balaban J connectivity index is 1.11. The molecule has 2 aliphatic rings. The summed E-state index contributed by atoms with van der Waals surface area (Å²) in [5.41, 5.74) is 1.94. The highest BCUT2D eigenvalue weighted by Gasteiger charge is 2.24. The van der Waals surface area contributed by atoms with E-state index in [4.69, 9.17) is 14.2 Å². The number of ether oxygens (including phenoxy) is 3. The van der Waals surface area contributed by atoms with E-state index in [0.717, 1.165) is 43.2 Å². The van der Waals surface area contributed by atoms with Gasteiger partial charge in [-0.3, -0.25) is 9.78 Å². The Morgan fingerprint density at radius 2 is 1.94 bits per heavy atom. The van der Waals surface area contributed by atoms with Crippen LogP contribution in [0.1, 0.15) is 24.8 Å². The Hall–Kier alpha value is -3.81. The predicted octanol–water partition coefficient (Wildman–Crippen LogP) is 4.57. The molecule has 8 heteroatoms. The summed E-state index contributed by atoms with van der Waals surface area (Å²) in [6, 6.07) is 13.2. The van der Waals surface area contributed by atoms with Gasteiger partial charge in [0.1, 0.15) is 23.0 Å². The van der Waals surface area contributed by atoms with Crippen molar-refractivity contribution in [3.63, 3.8) is 0 Å². The summed E-state index contributed by atoms with van der Waals surface area (Å²) in [5.74, 6) is 1.68. The standard InChI is InChI=1S/C27H27FN2O5/c28-20-6-7-21(22(31)15-20)27-24(2-1-11-29-27)33-16-26(32)30-12-9-18(10-13-30)3-4-19-5-8-23-25(14-19)35-17-34-23/h1-2,5-8,11,14-15,18,31H,3-4,9-10,12-13,16-17H2. The number of pyridine rings is 1. The van der Waals surface area contributed by atoms with Crippen LogP contribution in [0, 0.1) is 11.7 Å². The first kappa shape index (κ1) is 23.0. The lowest BCUT2D eigenvalue weighted by Crippen LogP contribution is -2.41. The fourth-order valence-corrected chi connectivity index (χ4v) is 4.58. The Bertz CT molecular complexity index is 1210. The van der Waals surface area contributed by atoms with Crippen LogP contribution in [0.4, 0.5) is 4.39 Å². The van der Waals surface area contributed by atoms with Crippen LogP contribution in [0.25, 0.3) is 11.3 Å². The van der Waals surface area contributed by atoms with Gasteiger partial charge in [0.2, 0.25) is 6.79 Å². The molecule has 7 nitrogen and oxygen atoms in total. The molecule has 2 aliphatic heterocycles. The number of halogens is 1. The summed E-state index contributed by atoms with van der Waals surface area (Å²) < 4.78 is 30.0. The number of likely N-dealkylation sites (tertiary alicyclic amines) is 1. The highest BCUT2D eigenvalue weighted by molar-refractivity contribution is 5.78. The lowest BCUT2D eigenvalue weighted by molar-refractivity contribution is -0.134. The molecule has 0 unspecified atom stereocenters. The predicted molar refractivity (Wildman–Crippen MR) is 127 cm³/mol. The van der Waals surface area contributed by atoms with Crippen molar-refractivity contribution < 1.29 is 28.5 Å². The van der Waals surface area contributed by atoms with E-state index >= 15 is 0 Å². The van der Waals surface area contributed by atoms with Crippen molar-refractivity contribution in [3.8, 4) is 34.3 Å². The fourth-order valence-electron chi connectivity index (χ4n) is 4.58. The van der Waals surface area contributed by atoms with Crippen molar-refractivity contribution in [2.75, 3.05) is 26.5 Å². The number of piperidine rings is 1. The molecule has 3 aromatic rings. The topological polar surface area (TPSA) is 81.1 Å². The Morgan fingerprint density at radius 3 is 2.77 bits per heavy atom. The zero-order chi connectivity index (χ0) is 24.2. The van der Waals surface area contributed by atoms with Crippen LogP contribution in [0.15, 0.2) is 54.7 Å². The van der Waals surface area contributed by atoms with Crippen molar-refractivity contribution in [1.82, 2.24) is 9.88 Å². The number of nitrogens with zero attached hydrogens (tertiary/aromatic N) is 2. The number of phenolic OH excluding ortho intramolecular Hbond substituents is 1. The van der Waals surface area contributed by atoms with Gasteiger partial charge in [-0.25, -0.2) is 4.39 Å². The van der Waals surface area contributed by atoms with Gasteiger partial charge in [-0.05, 0) is 73.6 Å².